The fourth-order valence-electron chi connectivity index (χ4n) is 2.25. The van der Waals surface area contributed by atoms with Crippen LogP contribution in [0.4, 0.5) is 4.39 Å². The number of nitrogens with zero attached hydrogens (tertiary/aromatic N) is 1. The Bertz CT molecular complexity index is 645. The van der Waals surface area contributed by atoms with Crippen LogP contribution < -0.4 is 10.5 Å². The molecule has 1 aliphatic carbocycles. The van der Waals surface area contributed by atoms with E-state index in [1.807, 2.05) is 6.07 Å². The average molecular weight is 293 g/mol. The topological polar surface area (TPSA) is 48.1 Å². The second kappa shape index (κ2) is 5.04. The zero-order valence-electron chi connectivity index (χ0n) is 10.9. The Morgan fingerprint density at radius 2 is 2.15 bits per heavy atom. The van der Waals surface area contributed by atoms with Crippen LogP contribution in [0.5, 0.6) is 5.75 Å². The third kappa shape index (κ3) is 2.37. The lowest BCUT2D eigenvalue weighted by Gasteiger charge is -2.08. The van der Waals surface area contributed by atoms with Gasteiger partial charge in [-0.15, -0.1) is 0 Å². The number of aromatic nitrogens is 1. The summed E-state index contributed by atoms with van der Waals surface area (Å²) in [6, 6.07) is 6.98. The number of pyridine rings is 1. The zero-order valence-corrected chi connectivity index (χ0v) is 11.7. The molecule has 3 rings (SSSR count). The van der Waals surface area contributed by atoms with E-state index >= 15 is 0 Å². The summed E-state index contributed by atoms with van der Waals surface area (Å²) in [5.41, 5.74) is 7.76. The minimum absolute atomic E-state index is 0.0226. The lowest BCUT2D eigenvalue weighted by molar-refractivity contribution is 0.414. The molecule has 3 nitrogen and oxygen atoms in total. The van der Waals surface area contributed by atoms with Crippen LogP contribution >= 0.6 is 11.6 Å². The normalized spacial score (nSPS) is 20.8. The van der Waals surface area contributed by atoms with Crippen molar-refractivity contribution in [3.05, 3.63) is 46.9 Å². The van der Waals surface area contributed by atoms with E-state index in [9.17, 15) is 4.39 Å². The molecule has 1 heterocycles. The average Bonchev–Trinajstić information content (AvgIpc) is 3.19. The third-order valence-electron chi connectivity index (χ3n) is 3.57. The number of nitrogens with two attached hydrogens (primary N) is 1. The third-order valence-corrected chi connectivity index (χ3v) is 3.84. The van der Waals surface area contributed by atoms with Gasteiger partial charge in [0.1, 0.15) is 5.75 Å². The molecule has 2 unspecified atom stereocenters. The van der Waals surface area contributed by atoms with E-state index in [-0.39, 0.29) is 11.1 Å². The minimum Gasteiger partial charge on any atom is -0.497 e. The smallest absolute Gasteiger partial charge is 0.151 e. The Hall–Kier alpha value is -1.65. The predicted molar refractivity (Wildman–Crippen MR) is 76.5 cm³/mol. The highest BCUT2D eigenvalue weighted by molar-refractivity contribution is 6.31. The zero-order chi connectivity index (χ0) is 14.3. The van der Waals surface area contributed by atoms with Gasteiger partial charge in [0.15, 0.2) is 5.82 Å². The summed E-state index contributed by atoms with van der Waals surface area (Å²) >= 11 is 5.86. The van der Waals surface area contributed by atoms with Crippen LogP contribution in [0.3, 0.4) is 0 Å². The summed E-state index contributed by atoms with van der Waals surface area (Å²) < 4.78 is 19.2. The van der Waals surface area contributed by atoms with Crippen molar-refractivity contribution in [1.82, 2.24) is 4.98 Å². The highest BCUT2D eigenvalue weighted by atomic mass is 35.5. The summed E-state index contributed by atoms with van der Waals surface area (Å²) in [6.07, 6.45) is 2.74. The first-order valence-electron chi connectivity index (χ1n) is 6.35. The van der Waals surface area contributed by atoms with Gasteiger partial charge in [0.05, 0.1) is 17.8 Å². The first-order chi connectivity index (χ1) is 9.60. The molecule has 0 saturated heterocycles. The Morgan fingerprint density at radius 3 is 2.70 bits per heavy atom. The largest absolute Gasteiger partial charge is 0.497 e. The van der Waals surface area contributed by atoms with Crippen LogP contribution in [0.2, 0.25) is 5.02 Å². The fourth-order valence-corrected chi connectivity index (χ4v) is 2.46. The van der Waals surface area contributed by atoms with Crippen molar-refractivity contribution in [2.45, 2.75) is 18.4 Å². The second-order valence-electron chi connectivity index (χ2n) is 4.95. The summed E-state index contributed by atoms with van der Waals surface area (Å²) in [5, 5.41) is 0.0226. The van der Waals surface area contributed by atoms with Gasteiger partial charge >= 0.3 is 0 Å². The van der Waals surface area contributed by atoms with E-state index in [0.29, 0.717) is 22.9 Å². The summed E-state index contributed by atoms with van der Waals surface area (Å²) in [7, 11) is 1.51. The SMILES string of the molecule is COc1cc(Cl)c(F)c(-c2ccc(C3CC3N)cn2)c1. The molecule has 104 valence electrons. The standard InChI is InChI=1S/C15H14ClFN2O/c1-20-9-4-11(15(17)12(16)5-9)14-3-2-8(7-19-14)10-6-13(10)18/h2-5,7,10,13H,6,18H2,1H3. The Morgan fingerprint density at radius 1 is 1.40 bits per heavy atom. The molecular formula is C15H14ClFN2O. The number of ether oxygens (including phenoxy) is 1. The van der Waals surface area contributed by atoms with Gasteiger partial charge in [-0.2, -0.15) is 0 Å². The molecule has 2 atom stereocenters. The van der Waals surface area contributed by atoms with Crippen LogP contribution in [-0.4, -0.2) is 18.1 Å². The lowest BCUT2D eigenvalue weighted by Crippen LogP contribution is -2.01. The van der Waals surface area contributed by atoms with E-state index < -0.39 is 5.82 Å². The molecule has 0 amide bonds. The van der Waals surface area contributed by atoms with Crippen molar-refractivity contribution in [2.24, 2.45) is 5.73 Å². The van der Waals surface area contributed by atoms with Gasteiger partial charge in [-0.25, -0.2) is 4.39 Å². The van der Waals surface area contributed by atoms with Crippen molar-refractivity contribution in [3.63, 3.8) is 0 Å². The number of benzene rings is 1. The van der Waals surface area contributed by atoms with E-state index in [2.05, 4.69) is 4.98 Å². The molecule has 0 bridgehead atoms. The second-order valence-corrected chi connectivity index (χ2v) is 5.36. The highest BCUT2D eigenvalue weighted by Crippen LogP contribution is 2.39. The molecule has 1 saturated carbocycles. The van der Waals surface area contributed by atoms with Crippen LogP contribution in [0.1, 0.15) is 17.9 Å². The molecule has 1 aliphatic rings. The van der Waals surface area contributed by atoms with E-state index in [4.69, 9.17) is 22.1 Å². The summed E-state index contributed by atoms with van der Waals surface area (Å²) in [4.78, 5) is 4.31. The summed E-state index contributed by atoms with van der Waals surface area (Å²) in [6.45, 7) is 0. The van der Waals surface area contributed by atoms with E-state index in [1.54, 1.807) is 18.3 Å². The predicted octanol–water partition coefficient (Wildman–Crippen LogP) is 3.36. The van der Waals surface area contributed by atoms with Gasteiger partial charge in [-0.1, -0.05) is 17.7 Å². The maximum absolute atomic E-state index is 14.1. The Labute approximate surface area is 121 Å². The maximum Gasteiger partial charge on any atom is 0.151 e. The molecule has 1 aromatic carbocycles. The van der Waals surface area contributed by atoms with Crippen molar-refractivity contribution >= 4 is 11.6 Å². The van der Waals surface area contributed by atoms with Crippen LogP contribution in [0.15, 0.2) is 30.5 Å². The first kappa shape index (κ1) is 13.3. The fraction of sp³-hybridized carbons (Fsp3) is 0.267. The van der Waals surface area contributed by atoms with Crippen molar-refractivity contribution < 1.29 is 9.13 Å². The molecule has 0 radical (unpaired) electrons. The molecule has 2 aromatic rings. The van der Waals surface area contributed by atoms with Gasteiger partial charge in [0, 0.05) is 29.8 Å². The Kier molecular flexibility index (Phi) is 3.36. The number of hydrogen-bond donors (Lipinski definition) is 1. The number of hydrogen-bond acceptors (Lipinski definition) is 3. The molecule has 0 spiro atoms. The van der Waals surface area contributed by atoms with Gasteiger partial charge < -0.3 is 10.5 Å². The minimum atomic E-state index is -0.490. The molecule has 2 N–H and O–H groups in total. The van der Waals surface area contributed by atoms with Crippen LogP contribution in [-0.2, 0) is 0 Å². The van der Waals surface area contributed by atoms with Crippen LogP contribution in [0, 0.1) is 5.82 Å². The van der Waals surface area contributed by atoms with Gasteiger partial charge in [-0.05, 0) is 24.1 Å². The monoisotopic (exact) mass is 292 g/mol. The molecule has 0 aliphatic heterocycles. The van der Waals surface area contributed by atoms with E-state index in [0.717, 1.165) is 12.0 Å². The number of methoxy groups -OCH3 is 1. The van der Waals surface area contributed by atoms with Gasteiger partial charge in [0.2, 0.25) is 0 Å². The Balaban J connectivity index is 1.98. The highest BCUT2D eigenvalue weighted by Gasteiger charge is 2.34. The summed E-state index contributed by atoms with van der Waals surface area (Å²) in [5.74, 6) is 0.396. The number of rotatable bonds is 3. The van der Waals surface area contributed by atoms with Crippen molar-refractivity contribution in [2.75, 3.05) is 7.11 Å². The van der Waals surface area contributed by atoms with Crippen LogP contribution in [0.25, 0.3) is 11.3 Å². The van der Waals surface area contributed by atoms with Crippen molar-refractivity contribution in [1.29, 1.82) is 0 Å². The lowest BCUT2D eigenvalue weighted by atomic mass is 10.1. The van der Waals surface area contributed by atoms with Crippen molar-refractivity contribution in [3.8, 4) is 17.0 Å². The van der Waals surface area contributed by atoms with E-state index in [1.165, 1.54) is 13.2 Å². The van der Waals surface area contributed by atoms with Gasteiger partial charge in [0.25, 0.3) is 0 Å². The van der Waals surface area contributed by atoms with Gasteiger partial charge in [-0.3, -0.25) is 4.98 Å². The maximum atomic E-state index is 14.1. The molecule has 1 fully saturated rings. The first-order valence-corrected chi connectivity index (χ1v) is 6.73. The molecule has 20 heavy (non-hydrogen) atoms. The molecule has 1 aromatic heterocycles. The number of halogens is 2. The quantitative estimate of drug-likeness (QED) is 0.943. The molecular weight excluding hydrogens is 279 g/mol. The molecule has 5 heteroatoms.